The van der Waals surface area contributed by atoms with Crippen molar-refractivity contribution < 1.29 is 22.3 Å². The maximum Gasteiger partial charge on any atom is 0.264 e. The molecule has 0 spiro atoms. The van der Waals surface area contributed by atoms with Gasteiger partial charge in [0.15, 0.2) is 0 Å². The summed E-state index contributed by atoms with van der Waals surface area (Å²) in [5.41, 5.74) is 1.28. The number of halogens is 1. The number of rotatable bonds is 5. The summed E-state index contributed by atoms with van der Waals surface area (Å²) in [5.74, 6) is -1.41. The third-order valence-electron chi connectivity index (χ3n) is 5.13. The normalized spacial score (nSPS) is 18.9. The number of ether oxygens (including phenoxy) is 1. The maximum atomic E-state index is 14.2. The van der Waals surface area contributed by atoms with E-state index in [-0.39, 0.29) is 23.1 Å². The number of nitrogens with one attached hydrogen (secondary N) is 1. The lowest BCUT2D eigenvalue weighted by Crippen LogP contribution is -2.33. The van der Waals surface area contributed by atoms with Gasteiger partial charge in [0.05, 0.1) is 22.3 Å². The predicted molar refractivity (Wildman–Crippen MR) is 102 cm³/mol. The van der Waals surface area contributed by atoms with Gasteiger partial charge in [-0.2, -0.15) is 0 Å². The van der Waals surface area contributed by atoms with Gasteiger partial charge in [0.25, 0.3) is 15.9 Å². The highest BCUT2D eigenvalue weighted by molar-refractivity contribution is 7.92. The van der Waals surface area contributed by atoms with Crippen LogP contribution in [0.25, 0.3) is 0 Å². The number of amides is 1. The molecular formula is C20H21FN2O4S. The zero-order valence-corrected chi connectivity index (χ0v) is 16.0. The van der Waals surface area contributed by atoms with Crippen LogP contribution in [0.5, 0.6) is 0 Å². The van der Waals surface area contributed by atoms with Gasteiger partial charge in [-0.05, 0) is 49.1 Å². The lowest BCUT2D eigenvalue weighted by molar-refractivity contribution is 0.0854. The van der Waals surface area contributed by atoms with E-state index < -0.39 is 21.7 Å². The maximum absolute atomic E-state index is 14.2. The minimum atomic E-state index is -3.89. The van der Waals surface area contributed by atoms with Crippen LogP contribution in [0.1, 0.15) is 28.8 Å². The summed E-state index contributed by atoms with van der Waals surface area (Å²) < 4.78 is 47.2. The monoisotopic (exact) mass is 404 g/mol. The Bertz CT molecular complexity index is 1000. The third-order valence-corrected chi connectivity index (χ3v) is 6.94. The van der Waals surface area contributed by atoms with Gasteiger partial charge >= 0.3 is 0 Å². The van der Waals surface area contributed by atoms with Crippen LogP contribution < -0.4 is 9.62 Å². The van der Waals surface area contributed by atoms with E-state index in [0.29, 0.717) is 25.3 Å². The van der Waals surface area contributed by atoms with Crippen LogP contribution in [-0.4, -0.2) is 40.1 Å². The molecule has 0 bridgehead atoms. The minimum absolute atomic E-state index is 0.0833. The van der Waals surface area contributed by atoms with E-state index in [4.69, 9.17) is 4.74 Å². The van der Waals surface area contributed by atoms with E-state index in [0.717, 1.165) is 30.5 Å². The van der Waals surface area contributed by atoms with Crippen LogP contribution >= 0.6 is 0 Å². The molecule has 2 aliphatic rings. The lowest BCUT2D eigenvalue weighted by Gasteiger charge is -2.20. The van der Waals surface area contributed by atoms with Gasteiger partial charge in [-0.3, -0.25) is 9.10 Å². The van der Waals surface area contributed by atoms with Crippen molar-refractivity contribution in [2.24, 2.45) is 0 Å². The Kier molecular flexibility index (Phi) is 5.07. The molecule has 0 aliphatic carbocycles. The first-order valence-corrected chi connectivity index (χ1v) is 10.7. The molecule has 8 heteroatoms. The number of sulfonamides is 1. The highest BCUT2D eigenvalue weighted by atomic mass is 32.2. The standard InChI is InChI=1S/C20H21FN2O4S/c21-18-8-7-16(12-17(18)20(24)22-13-15-5-3-11-27-15)28(25,26)23-10-9-14-4-1-2-6-19(14)23/h1-2,4,6-8,12,15H,3,5,9-11,13H2,(H,22,24). The van der Waals surface area contributed by atoms with E-state index in [1.165, 1.54) is 10.4 Å². The first kappa shape index (κ1) is 18.9. The Morgan fingerprint density at radius 1 is 1.25 bits per heavy atom. The van der Waals surface area contributed by atoms with Crippen molar-refractivity contribution >= 4 is 21.6 Å². The molecule has 28 heavy (non-hydrogen) atoms. The highest BCUT2D eigenvalue weighted by Gasteiger charge is 2.31. The van der Waals surface area contributed by atoms with Crippen molar-refractivity contribution in [1.29, 1.82) is 0 Å². The molecule has 1 atom stereocenters. The number of nitrogens with zero attached hydrogens (tertiary/aromatic N) is 1. The van der Waals surface area contributed by atoms with Crippen molar-refractivity contribution in [2.45, 2.75) is 30.3 Å². The molecule has 0 saturated carbocycles. The van der Waals surface area contributed by atoms with Crippen LogP contribution in [0.2, 0.25) is 0 Å². The number of carbonyl (C=O) groups is 1. The van der Waals surface area contributed by atoms with Gasteiger partial charge < -0.3 is 10.1 Å². The minimum Gasteiger partial charge on any atom is -0.376 e. The fourth-order valence-electron chi connectivity index (χ4n) is 3.63. The molecule has 2 aromatic carbocycles. The number of anilines is 1. The predicted octanol–water partition coefficient (Wildman–Crippen LogP) is 2.49. The van der Waals surface area contributed by atoms with Gasteiger partial charge in [0.1, 0.15) is 5.82 Å². The summed E-state index contributed by atoms with van der Waals surface area (Å²) in [7, 11) is -3.89. The van der Waals surface area contributed by atoms with Gasteiger partial charge in [0, 0.05) is 19.7 Å². The molecule has 0 radical (unpaired) electrons. The number of para-hydroxylation sites is 1. The highest BCUT2D eigenvalue weighted by Crippen LogP contribution is 2.33. The largest absolute Gasteiger partial charge is 0.376 e. The van der Waals surface area contributed by atoms with E-state index in [1.807, 2.05) is 12.1 Å². The number of hydrogen-bond donors (Lipinski definition) is 1. The number of carbonyl (C=O) groups excluding carboxylic acids is 1. The summed E-state index contributed by atoms with van der Waals surface area (Å²) >= 11 is 0. The molecule has 0 aromatic heterocycles. The molecule has 1 unspecified atom stereocenters. The molecule has 1 saturated heterocycles. The summed E-state index contributed by atoms with van der Waals surface area (Å²) in [6.45, 7) is 1.24. The zero-order valence-electron chi connectivity index (χ0n) is 15.2. The Morgan fingerprint density at radius 3 is 2.86 bits per heavy atom. The Labute approximate surface area is 163 Å². The smallest absolute Gasteiger partial charge is 0.264 e. The van der Waals surface area contributed by atoms with Gasteiger partial charge in [-0.25, -0.2) is 12.8 Å². The summed E-state index contributed by atoms with van der Waals surface area (Å²) in [4.78, 5) is 12.3. The summed E-state index contributed by atoms with van der Waals surface area (Å²) in [6, 6.07) is 10.6. The second-order valence-electron chi connectivity index (χ2n) is 6.94. The fraction of sp³-hybridized carbons (Fsp3) is 0.350. The lowest BCUT2D eigenvalue weighted by atomic mass is 10.2. The number of fused-ring (bicyclic) bond motifs is 1. The topological polar surface area (TPSA) is 75.7 Å². The van der Waals surface area contributed by atoms with Crippen molar-refractivity contribution in [1.82, 2.24) is 5.32 Å². The van der Waals surface area contributed by atoms with Gasteiger partial charge in [-0.15, -0.1) is 0 Å². The second-order valence-corrected chi connectivity index (χ2v) is 8.80. The Hall–Kier alpha value is -2.45. The first-order valence-electron chi connectivity index (χ1n) is 9.27. The van der Waals surface area contributed by atoms with E-state index in [9.17, 15) is 17.6 Å². The van der Waals surface area contributed by atoms with Crippen LogP contribution in [0, 0.1) is 5.82 Å². The van der Waals surface area contributed by atoms with E-state index in [2.05, 4.69) is 5.32 Å². The van der Waals surface area contributed by atoms with Gasteiger partial charge in [-0.1, -0.05) is 18.2 Å². The molecular weight excluding hydrogens is 383 g/mol. The summed E-state index contributed by atoms with van der Waals surface area (Å²) in [5, 5.41) is 2.63. The molecule has 1 N–H and O–H groups in total. The molecule has 2 heterocycles. The molecule has 1 fully saturated rings. The van der Waals surface area contributed by atoms with Crippen molar-refractivity contribution in [3.63, 3.8) is 0 Å². The number of hydrogen-bond acceptors (Lipinski definition) is 4. The van der Waals surface area contributed by atoms with Crippen molar-refractivity contribution in [3.8, 4) is 0 Å². The molecule has 148 valence electrons. The van der Waals surface area contributed by atoms with Crippen LogP contribution in [0.3, 0.4) is 0 Å². The van der Waals surface area contributed by atoms with Crippen LogP contribution in [-0.2, 0) is 21.2 Å². The fourth-order valence-corrected chi connectivity index (χ4v) is 5.16. The molecule has 2 aliphatic heterocycles. The Morgan fingerprint density at radius 2 is 2.07 bits per heavy atom. The first-order chi connectivity index (χ1) is 13.5. The van der Waals surface area contributed by atoms with E-state index in [1.54, 1.807) is 12.1 Å². The molecule has 1 amide bonds. The average Bonchev–Trinajstić information content (AvgIpc) is 3.36. The van der Waals surface area contributed by atoms with Crippen LogP contribution in [0.15, 0.2) is 47.4 Å². The van der Waals surface area contributed by atoms with Crippen molar-refractivity contribution in [3.05, 3.63) is 59.4 Å². The SMILES string of the molecule is O=C(NCC1CCCO1)c1cc(S(=O)(=O)N2CCc3ccccc32)ccc1F. The third kappa shape index (κ3) is 3.49. The molecule has 2 aromatic rings. The van der Waals surface area contributed by atoms with E-state index >= 15 is 0 Å². The summed E-state index contributed by atoms with van der Waals surface area (Å²) in [6.07, 6.45) is 2.30. The average molecular weight is 404 g/mol. The van der Waals surface area contributed by atoms with Crippen molar-refractivity contribution in [2.75, 3.05) is 24.0 Å². The van der Waals surface area contributed by atoms with Crippen LogP contribution in [0.4, 0.5) is 10.1 Å². The van der Waals surface area contributed by atoms with Gasteiger partial charge in [0.2, 0.25) is 0 Å². The zero-order chi connectivity index (χ0) is 19.7. The molecule has 4 rings (SSSR count). The Balaban J connectivity index is 1.58. The second kappa shape index (κ2) is 7.52. The quantitative estimate of drug-likeness (QED) is 0.831. The molecule has 6 nitrogen and oxygen atoms in total. The number of benzene rings is 2.